The molecule has 0 saturated carbocycles. The minimum atomic E-state index is -0.302. The molecular weight excluding hydrogens is 282 g/mol. The van der Waals surface area contributed by atoms with Crippen LogP contribution < -0.4 is 14.8 Å². The van der Waals surface area contributed by atoms with Gasteiger partial charge in [0.05, 0.1) is 12.3 Å². The molecule has 2 aromatic rings. The van der Waals surface area contributed by atoms with Crippen molar-refractivity contribution in [2.45, 2.75) is 6.92 Å². The molecule has 0 heterocycles. The summed E-state index contributed by atoms with van der Waals surface area (Å²) in [5.41, 5.74) is 1.10. The zero-order chi connectivity index (χ0) is 15.8. The highest BCUT2D eigenvalue weighted by Gasteiger charge is 2.08. The fourth-order valence-corrected chi connectivity index (χ4v) is 1.86. The predicted molar refractivity (Wildman–Crippen MR) is 83.6 cm³/mol. The van der Waals surface area contributed by atoms with Crippen LogP contribution in [0.2, 0.25) is 0 Å². The van der Waals surface area contributed by atoms with E-state index in [9.17, 15) is 9.59 Å². The van der Waals surface area contributed by atoms with E-state index in [1.54, 1.807) is 36.4 Å². The molecule has 2 rings (SSSR count). The lowest BCUT2D eigenvalue weighted by molar-refractivity contribution is -0.118. The number of hydrogen-bond donors (Lipinski definition) is 1. The molecule has 0 saturated heterocycles. The standard InChI is InChI=1S/C17H17NO4/c1-2-21-16-9-4-3-8-15(16)18-17(20)12-22-14-7-5-6-13(10-14)11-19/h3-11H,2,12H2,1H3,(H,18,20). The molecule has 114 valence electrons. The van der Waals surface area contributed by atoms with Crippen molar-refractivity contribution in [3.05, 3.63) is 54.1 Å². The Labute approximate surface area is 128 Å². The van der Waals surface area contributed by atoms with Gasteiger partial charge in [-0.1, -0.05) is 24.3 Å². The van der Waals surface area contributed by atoms with Gasteiger partial charge in [-0.15, -0.1) is 0 Å². The van der Waals surface area contributed by atoms with Gasteiger partial charge in [-0.25, -0.2) is 0 Å². The lowest BCUT2D eigenvalue weighted by Gasteiger charge is -2.11. The molecule has 1 N–H and O–H groups in total. The highest BCUT2D eigenvalue weighted by atomic mass is 16.5. The van der Waals surface area contributed by atoms with E-state index >= 15 is 0 Å². The average Bonchev–Trinajstić information content (AvgIpc) is 2.55. The third-order valence-corrected chi connectivity index (χ3v) is 2.83. The Balaban J connectivity index is 1.94. The number of anilines is 1. The van der Waals surface area contributed by atoms with E-state index in [-0.39, 0.29) is 12.5 Å². The van der Waals surface area contributed by atoms with Crippen molar-refractivity contribution in [3.63, 3.8) is 0 Å². The minimum Gasteiger partial charge on any atom is -0.492 e. The summed E-state index contributed by atoms with van der Waals surface area (Å²) in [6, 6.07) is 13.8. The van der Waals surface area contributed by atoms with Crippen LogP contribution in [-0.2, 0) is 4.79 Å². The highest BCUT2D eigenvalue weighted by Crippen LogP contribution is 2.23. The summed E-state index contributed by atoms with van der Waals surface area (Å²) in [6.07, 6.45) is 0.727. The van der Waals surface area contributed by atoms with Gasteiger partial charge in [-0.05, 0) is 31.2 Å². The maximum Gasteiger partial charge on any atom is 0.262 e. The van der Waals surface area contributed by atoms with Crippen molar-refractivity contribution in [1.82, 2.24) is 0 Å². The quantitative estimate of drug-likeness (QED) is 0.798. The highest BCUT2D eigenvalue weighted by molar-refractivity contribution is 5.93. The second-order valence-electron chi connectivity index (χ2n) is 4.46. The molecule has 0 aromatic heterocycles. The van der Waals surface area contributed by atoms with Crippen LogP contribution in [0.4, 0.5) is 5.69 Å². The van der Waals surface area contributed by atoms with Crippen molar-refractivity contribution in [1.29, 1.82) is 0 Å². The molecule has 2 aromatic carbocycles. The third-order valence-electron chi connectivity index (χ3n) is 2.83. The fourth-order valence-electron chi connectivity index (χ4n) is 1.86. The Morgan fingerprint density at radius 3 is 2.73 bits per heavy atom. The van der Waals surface area contributed by atoms with E-state index in [1.807, 2.05) is 19.1 Å². The largest absolute Gasteiger partial charge is 0.492 e. The third kappa shape index (κ3) is 4.34. The van der Waals surface area contributed by atoms with Gasteiger partial charge in [-0.3, -0.25) is 9.59 Å². The van der Waals surface area contributed by atoms with Gasteiger partial charge < -0.3 is 14.8 Å². The molecule has 0 fully saturated rings. The maximum atomic E-state index is 11.9. The number of amides is 1. The first kappa shape index (κ1) is 15.6. The molecule has 0 atom stereocenters. The molecule has 0 radical (unpaired) electrons. The number of aldehydes is 1. The van der Waals surface area contributed by atoms with Crippen molar-refractivity contribution < 1.29 is 19.1 Å². The van der Waals surface area contributed by atoms with Crippen molar-refractivity contribution in [2.75, 3.05) is 18.5 Å². The van der Waals surface area contributed by atoms with Gasteiger partial charge in [0.1, 0.15) is 17.8 Å². The molecule has 0 unspecified atom stereocenters. The summed E-state index contributed by atoms with van der Waals surface area (Å²) in [6.45, 7) is 2.24. The lowest BCUT2D eigenvalue weighted by atomic mass is 10.2. The van der Waals surface area contributed by atoms with E-state index in [1.165, 1.54) is 0 Å². The van der Waals surface area contributed by atoms with Gasteiger partial charge in [0.2, 0.25) is 0 Å². The summed E-state index contributed by atoms with van der Waals surface area (Å²) < 4.78 is 10.8. The number of ether oxygens (including phenoxy) is 2. The van der Waals surface area contributed by atoms with Gasteiger partial charge in [0.15, 0.2) is 6.61 Å². The van der Waals surface area contributed by atoms with Gasteiger partial charge in [-0.2, -0.15) is 0 Å². The van der Waals surface area contributed by atoms with Crippen molar-refractivity contribution in [2.24, 2.45) is 0 Å². The van der Waals surface area contributed by atoms with E-state index in [4.69, 9.17) is 9.47 Å². The predicted octanol–water partition coefficient (Wildman–Crippen LogP) is 2.92. The zero-order valence-corrected chi connectivity index (χ0v) is 12.2. The van der Waals surface area contributed by atoms with Crippen molar-refractivity contribution >= 4 is 17.9 Å². The van der Waals surface area contributed by atoms with Crippen LogP contribution in [0.3, 0.4) is 0 Å². The number of carbonyl (C=O) groups is 2. The van der Waals surface area contributed by atoms with Crippen LogP contribution in [0.15, 0.2) is 48.5 Å². The SMILES string of the molecule is CCOc1ccccc1NC(=O)COc1cccc(C=O)c1. The first-order valence-corrected chi connectivity index (χ1v) is 6.92. The first-order valence-electron chi connectivity index (χ1n) is 6.92. The Hall–Kier alpha value is -2.82. The lowest BCUT2D eigenvalue weighted by Crippen LogP contribution is -2.20. The zero-order valence-electron chi connectivity index (χ0n) is 12.2. The summed E-state index contributed by atoms with van der Waals surface area (Å²) in [4.78, 5) is 22.6. The molecule has 5 nitrogen and oxygen atoms in total. The molecule has 0 spiro atoms. The number of nitrogens with one attached hydrogen (secondary N) is 1. The van der Waals surface area contributed by atoms with Crippen LogP contribution in [0.5, 0.6) is 11.5 Å². The number of para-hydroxylation sites is 2. The number of hydrogen-bond acceptors (Lipinski definition) is 4. The smallest absolute Gasteiger partial charge is 0.262 e. The van der Waals surface area contributed by atoms with E-state index in [0.717, 1.165) is 6.29 Å². The van der Waals surface area contributed by atoms with Gasteiger partial charge >= 0.3 is 0 Å². The second kappa shape index (κ2) is 7.83. The topological polar surface area (TPSA) is 64.6 Å². The Morgan fingerprint density at radius 1 is 1.14 bits per heavy atom. The summed E-state index contributed by atoms with van der Waals surface area (Å²) in [7, 11) is 0. The van der Waals surface area contributed by atoms with Gasteiger partial charge in [0, 0.05) is 5.56 Å². The van der Waals surface area contributed by atoms with Crippen LogP contribution in [-0.4, -0.2) is 25.4 Å². The Bertz CT molecular complexity index is 655. The van der Waals surface area contributed by atoms with Gasteiger partial charge in [0.25, 0.3) is 5.91 Å². The molecule has 0 aliphatic rings. The Morgan fingerprint density at radius 2 is 1.95 bits per heavy atom. The molecule has 1 amide bonds. The molecule has 5 heteroatoms. The molecule has 0 aliphatic carbocycles. The van der Waals surface area contributed by atoms with Crippen LogP contribution in [0.25, 0.3) is 0 Å². The van der Waals surface area contributed by atoms with E-state index < -0.39 is 0 Å². The average molecular weight is 299 g/mol. The number of benzene rings is 2. The summed E-state index contributed by atoms with van der Waals surface area (Å²) >= 11 is 0. The van der Waals surface area contributed by atoms with E-state index in [0.29, 0.717) is 29.4 Å². The number of rotatable bonds is 7. The fraction of sp³-hybridized carbons (Fsp3) is 0.176. The monoisotopic (exact) mass is 299 g/mol. The van der Waals surface area contributed by atoms with Crippen LogP contribution in [0, 0.1) is 0 Å². The minimum absolute atomic E-state index is 0.150. The first-order chi connectivity index (χ1) is 10.7. The van der Waals surface area contributed by atoms with E-state index in [2.05, 4.69) is 5.32 Å². The maximum absolute atomic E-state index is 11.9. The van der Waals surface area contributed by atoms with Crippen LogP contribution >= 0.6 is 0 Å². The Kier molecular flexibility index (Phi) is 5.54. The normalized spacial score (nSPS) is 9.86. The molecular formula is C17H17NO4. The summed E-state index contributed by atoms with van der Waals surface area (Å²) in [5, 5.41) is 2.74. The second-order valence-corrected chi connectivity index (χ2v) is 4.46. The number of carbonyl (C=O) groups excluding carboxylic acids is 2. The molecule has 22 heavy (non-hydrogen) atoms. The molecule has 0 aliphatic heterocycles. The van der Waals surface area contributed by atoms with Crippen LogP contribution in [0.1, 0.15) is 17.3 Å². The summed E-state index contributed by atoms with van der Waals surface area (Å²) in [5.74, 6) is 0.780. The van der Waals surface area contributed by atoms with Crippen molar-refractivity contribution in [3.8, 4) is 11.5 Å². The molecule has 0 bridgehead atoms.